The Bertz CT molecular complexity index is 98.6. The summed E-state index contributed by atoms with van der Waals surface area (Å²) in [4.78, 5) is 10.4. The van der Waals surface area contributed by atoms with Crippen molar-refractivity contribution in [2.75, 3.05) is 7.11 Å². The third-order valence-electron chi connectivity index (χ3n) is 0.651. The summed E-state index contributed by atoms with van der Waals surface area (Å²) in [7, 11) is 7.45. The molecule has 0 amide bonds. The molecule has 0 radical (unpaired) electrons. The van der Waals surface area contributed by atoms with Gasteiger partial charge in [-0.05, 0) is 21.7 Å². The molecule has 2 nitrogen and oxygen atoms in total. The predicted octanol–water partition coefficient (Wildman–Crippen LogP) is 2.00. The van der Waals surface area contributed by atoms with Gasteiger partial charge in [-0.2, -0.15) is 0 Å². The zero-order valence-corrected chi connectivity index (χ0v) is 7.09. The molecule has 0 spiro atoms. The van der Waals surface area contributed by atoms with Gasteiger partial charge in [0.2, 0.25) is 0 Å². The lowest BCUT2D eigenvalue weighted by molar-refractivity contribution is -0.140. The first-order valence-electron chi connectivity index (χ1n) is 2.19. The van der Waals surface area contributed by atoms with E-state index in [9.17, 15) is 4.79 Å². The van der Waals surface area contributed by atoms with Crippen molar-refractivity contribution >= 4 is 39.2 Å². The van der Waals surface area contributed by atoms with Crippen LogP contribution in [0.4, 0.5) is 0 Å². The van der Waals surface area contributed by atoms with Gasteiger partial charge < -0.3 is 4.74 Å². The molecule has 0 aliphatic rings. The van der Waals surface area contributed by atoms with Crippen LogP contribution >= 0.6 is 33.3 Å². The molecule has 0 heterocycles. The molecule has 54 valence electrons. The van der Waals surface area contributed by atoms with E-state index in [1.54, 1.807) is 0 Å². The lowest BCUT2D eigenvalue weighted by Gasteiger charge is -2.00. The van der Waals surface area contributed by atoms with Gasteiger partial charge in [-0.15, -0.1) is 11.6 Å². The number of carbonyl (C=O) groups excluding carboxylic acids is 1. The number of ether oxygens (including phenoxy) is 1. The Balaban J connectivity index is 3.34. The summed E-state index contributed by atoms with van der Waals surface area (Å²) < 4.78 is 3.94. The highest BCUT2D eigenvalue weighted by Gasteiger charge is 2.09. The van der Waals surface area contributed by atoms with E-state index in [1.165, 1.54) is 7.11 Å². The normalized spacial score (nSPS) is 12.8. The zero-order chi connectivity index (χ0) is 7.28. The SMILES string of the molecule is COC(=O)CC(Cl)SCl. The molecule has 0 fully saturated rings. The second-order valence-electron chi connectivity index (χ2n) is 1.28. The molecular formula is C4H6Cl2O2S. The maximum atomic E-state index is 10.4. The molecule has 9 heavy (non-hydrogen) atoms. The van der Waals surface area contributed by atoms with Gasteiger partial charge in [0.25, 0.3) is 0 Å². The first kappa shape index (κ1) is 9.40. The van der Waals surface area contributed by atoms with Crippen molar-refractivity contribution in [3.8, 4) is 0 Å². The van der Waals surface area contributed by atoms with Crippen molar-refractivity contribution < 1.29 is 9.53 Å². The molecule has 0 aromatic carbocycles. The molecule has 1 atom stereocenters. The first-order valence-corrected chi connectivity index (χ1v) is 4.33. The number of hydrogen-bond donors (Lipinski definition) is 0. The maximum absolute atomic E-state index is 10.4. The third kappa shape index (κ3) is 4.88. The van der Waals surface area contributed by atoms with Crippen LogP contribution in [0.3, 0.4) is 0 Å². The average molecular weight is 189 g/mol. The fraction of sp³-hybridized carbons (Fsp3) is 0.750. The number of hydrogen-bond acceptors (Lipinski definition) is 3. The van der Waals surface area contributed by atoms with Crippen molar-refractivity contribution in [2.45, 2.75) is 11.1 Å². The highest BCUT2D eigenvalue weighted by Crippen LogP contribution is 2.22. The highest BCUT2D eigenvalue weighted by atomic mass is 35.7. The van der Waals surface area contributed by atoms with E-state index in [0.717, 1.165) is 11.0 Å². The minimum absolute atomic E-state index is 0.145. The Morgan fingerprint density at radius 1 is 1.89 bits per heavy atom. The summed E-state index contributed by atoms with van der Waals surface area (Å²) in [5, 5.41) is 0. The van der Waals surface area contributed by atoms with Crippen LogP contribution in [0.25, 0.3) is 0 Å². The first-order chi connectivity index (χ1) is 4.20. The van der Waals surface area contributed by atoms with Crippen molar-refractivity contribution in [2.24, 2.45) is 0 Å². The van der Waals surface area contributed by atoms with Gasteiger partial charge in [-0.3, -0.25) is 4.79 Å². The van der Waals surface area contributed by atoms with Gasteiger partial charge in [0.1, 0.15) is 4.71 Å². The van der Waals surface area contributed by atoms with Crippen molar-refractivity contribution in [3.63, 3.8) is 0 Å². The molecule has 0 aliphatic carbocycles. The molecule has 1 unspecified atom stereocenters. The fourth-order valence-electron chi connectivity index (χ4n) is 0.246. The van der Waals surface area contributed by atoms with Crippen LogP contribution in [-0.2, 0) is 9.53 Å². The van der Waals surface area contributed by atoms with E-state index in [2.05, 4.69) is 4.74 Å². The Labute approximate surface area is 67.3 Å². The van der Waals surface area contributed by atoms with Crippen molar-refractivity contribution in [1.29, 1.82) is 0 Å². The molecule has 0 aliphatic heterocycles. The number of rotatable bonds is 3. The van der Waals surface area contributed by atoms with Gasteiger partial charge >= 0.3 is 5.97 Å². The lowest BCUT2D eigenvalue weighted by atomic mass is 10.5. The van der Waals surface area contributed by atoms with Crippen LogP contribution in [-0.4, -0.2) is 17.8 Å². The molecule has 0 saturated heterocycles. The number of carbonyl (C=O) groups is 1. The van der Waals surface area contributed by atoms with Crippen LogP contribution in [0, 0.1) is 0 Å². The number of esters is 1. The third-order valence-corrected chi connectivity index (χ3v) is 2.35. The van der Waals surface area contributed by atoms with Crippen LogP contribution in [0.2, 0.25) is 0 Å². The van der Waals surface area contributed by atoms with Crippen molar-refractivity contribution in [3.05, 3.63) is 0 Å². The topological polar surface area (TPSA) is 26.3 Å². The van der Waals surface area contributed by atoms with Gasteiger partial charge in [-0.1, -0.05) is 0 Å². The number of methoxy groups -OCH3 is 1. The second kappa shape index (κ2) is 5.21. The number of halogens is 2. The van der Waals surface area contributed by atoms with Gasteiger partial charge in [0.15, 0.2) is 0 Å². The highest BCUT2D eigenvalue weighted by molar-refractivity contribution is 8.22. The monoisotopic (exact) mass is 188 g/mol. The van der Waals surface area contributed by atoms with E-state index in [-0.39, 0.29) is 17.1 Å². The minimum Gasteiger partial charge on any atom is -0.469 e. The molecule has 0 saturated carbocycles. The van der Waals surface area contributed by atoms with E-state index < -0.39 is 0 Å². The molecule has 0 N–H and O–H groups in total. The van der Waals surface area contributed by atoms with Gasteiger partial charge in [0.05, 0.1) is 13.5 Å². The predicted molar refractivity (Wildman–Crippen MR) is 39.7 cm³/mol. The van der Waals surface area contributed by atoms with E-state index in [0.29, 0.717) is 0 Å². The van der Waals surface area contributed by atoms with Crippen molar-refractivity contribution in [1.82, 2.24) is 0 Å². The molecule has 5 heteroatoms. The Kier molecular flexibility index (Phi) is 5.44. The Morgan fingerprint density at radius 3 is 2.78 bits per heavy atom. The molecule has 0 aromatic rings. The summed E-state index contributed by atoms with van der Waals surface area (Å²) in [6, 6.07) is 0. The largest absolute Gasteiger partial charge is 0.469 e. The molecule has 0 rings (SSSR count). The fourth-order valence-corrected chi connectivity index (χ4v) is 0.760. The van der Waals surface area contributed by atoms with E-state index in [4.69, 9.17) is 22.3 Å². The van der Waals surface area contributed by atoms with Crippen LogP contribution in [0.15, 0.2) is 0 Å². The summed E-state index contributed by atoms with van der Waals surface area (Å²) in [6.07, 6.45) is 0.145. The van der Waals surface area contributed by atoms with E-state index in [1.807, 2.05) is 0 Å². The second-order valence-corrected chi connectivity index (χ2v) is 3.35. The standard InChI is InChI=1S/C4H6Cl2O2S/c1-8-4(7)2-3(5)9-6/h3H,2H2,1H3. The van der Waals surface area contributed by atoms with Crippen LogP contribution < -0.4 is 0 Å². The quantitative estimate of drug-likeness (QED) is 0.501. The van der Waals surface area contributed by atoms with Crippen LogP contribution in [0.5, 0.6) is 0 Å². The average Bonchev–Trinajstić information content (AvgIpc) is 1.87. The summed E-state index contributed by atoms with van der Waals surface area (Å²) in [5.74, 6) is -0.344. The molecule has 0 bridgehead atoms. The maximum Gasteiger partial charge on any atom is 0.307 e. The minimum atomic E-state index is -0.390. The number of alkyl halides is 1. The van der Waals surface area contributed by atoms with E-state index >= 15 is 0 Å². The molecular weight excluding hydrogens is 183 g/mol. The lowest BCUT2D eigenvalue weighted by Crippen LogP contribution is -2.05. The summed E-state index contributed by atoms with van der Waals surface area (Å²) in [5.41, 5.74) is 0. The summed E-state index contributed by atoms with van der Waals surface area (Å²) >= 11 is 5.47. The van der Waals surface area contributed by atoms with Crippen LogP contribution in [0.1, 0.15) is 6.42 Å². The Hall–Kier alpha value is 0.400. The summed E-state index contributed by atoms with van der Waals surface area (Å²) in [6.45, 7) is 0. The zero-order valence-electron chi connectivity index (χ0n) is 4.77. The van der Waals surface area contributed by atoms with Gasteiger partial charge in [-0.25, -0.2) is 0 Å². The van der Waals surface area contributed by atoms with Gasteiger partial charge in [0, 0.05) is 0 Å². The smallest absolute Gasteiger partial charge is 0.307 e. The Morgan fingerprint density at radius 2 is 2.44 bits per heavy atom. The molecule has 0 aromatic heterocycles.